The summed E-state index contributed by atoms with van der Waals surface area (Å²) in [5, 5.41) is 12.5. The summed E-state index contributed by atoms with van der Waals surface area (Å²) >= 11 is 0. The fourth-order valence-electron chi connectivity index (χ4n) is 3.51. The van der Waals surface area contributed by atoms with Crippen LogP contribution in [0.1, 0.15) is 33.3 Å². The molecule has 0 spiro atoms. The van der Waals surface area contributed by atoms with E-state index >= 15 is 0 Å². The maximum atomic E-state index is 13.7. The molecular formula is C18H16F2N4O5. The Balaban J connectivity index is 1.64. The number of nitrogens with one attached hydrogen (secondary N) is 1. The van der Waals surface area contributed by atoms with Gasteiger partial charge in [-0.15, -0.1) is 0 Å². The summed E-state index contributed by atoms with van der Waals surface area (Å²) in [5.41, 5.74) is -2.17. The number of hydrogen-bond acceptors (Lipinski definition) is 6. The highest BCUT2D eigenvalue weighted by molar-refractivity contribution is 5.99. The predicted molar refractivity (Wildman–Crippen MR) is 93.1 cm³/mol. The first kappa shape index (κ1) is 19.0. The smallest absolute Gasteiger partial charge is 0.276 e. The topological polar surface area (TPSA) is 114 Å². The van der Waals surface area contributed by atoms with Crippen LogP contribution >= 0.6 is 0 Å². The van der Waals surface area contributed by atoms with Crippen LogP contribution in [0.4, 0.5) is 8.78 Å². The third-order valence-corrected chi connectivity index (χ3v) is 4.98. The average Bonchev–Trinajstić information content (AvgIpc) is 3.05. The van der Waals surface area contributed by atoms with Crippen LogP contribution in [0.3, 0.4) is 0 Å². The number of aromatic nitrogens is 2. The number of carbonyl (C=O) groups is 2. The predicted octanol–water partition coefficient (Wildman–Crippen LogP) is 0.358. The zero-order valence-electron chi connectivity index (χ0n) is 15.2. The van der Waals surface area contributed by atoms with Gasteiger partial charge in [0.2, 0.25) is 5.43 Å². The van der Waals surface area contributed by atoms with E-state index in [2.05, 4.69) is 10.3 Å². The van der Waals surface area contributed by atoms with Crippen LogP contribution in [0, 0.1) is 11.6 Å². The standard InChI is InChI=1S/C18H16F2N4O5/c1-8-7-29-13-6-23-5-10(15(25)16(26)14(23)18(28)24(8)13)17(27)22-2-9-11(19)3-21-4-12(9)20/h3-5,8,13,26H,2,6-7H2,1H3,(H,22,27)/t8-,13+/m0/s1. The zero-order valence-corrected chi connectivity index (χ0v) is 15.2. The molecule has 2 N–H and O–H groups in total. The van der Waals surface area contributed by atoms with E-state index < -0.39 is 58.5 Å². The van der Waals surface area contributed by atoms with E-state index in [-0.39, 0.29) is 18.3 Å². The number of rotatable bonds is 3. The van der Waals surface area contributed by atoms with E-state index in [1.807, 2.05) is 0 Å². The second-order valence-corrected chi connectivity index (χ2v) is 6.84. The minimum absolute atomic E-state index is 0.118. The van der Waals surface area contributed by atoms with Crippen molar-refractivity contribution < 1.29 is 28.2 Å². The Labute approximate surface area is 162 Å². The molecule has 1 fully saturated rings. The molecule has 0 aromatic carbocycles. The Morgan fingerprint density at radius 3 is 2.72 bits per heavy atom. The van der Waals surface area contributed by atoms with Gasteiger partial charge in [0, 0.05) is 18.3 Å². The van der Waals surface area contributed by atoms with Crippen LogP contribution < -0.4 is 10.7 Å². The third kappa shape index (κ3) is 3.03. The minimum atomic E-state index is -1.05. The Kier molecular flexibility index (Phi) is 4.53. The monoisotopic (exact) mass is 406 g/mol. The summed E-state index contributed by atoms with van der Waals surface area (Å²) in [6, 6.07) is -0.219. The molecule has 152 valence electrons. The van der Waals surface area contributed by atoms with Gasteiger partial charge in [0.1, 0.15) is 17.2 Å². The maximum absolute atomic E-state index is 13.7. The number of carbonyl (C=O) groups excluding carboxylic acids is 2. The highest BCUT2D eigenvalue weighted by Crippen LogP contribution is 2.29. The van der Waals surface area contributed by atoms with Crippen molar-refractivity contribution in [3.63, 3.8) is 0 Å². The minimum Gasteiger partial charge on any atom is -0.503 e. The summed E-state index contributed by atoms with van der Waals surface area (Å²) in [4.78, 5) is 42.4. The van der Waals surface area contributed by atoms with Gasteiger partial charge >= 0.3 is 0 Å². The van der Waals surface area contributed by atoms with Crippen molar-refractivity contribution in [2.45, 2.75) is 32.3 Å². The van der Waals surface area contributed by atoms with Crippen LogP contribution in [-0.4, -0.2) is 50.2 Å². The lowest BCUT2D eigenvalue weighted by atomic mass is 10.1. The zero-order chi connectivity index (χ0) is 20.9. The SMILES string of the molecule is C[C@H]1CO[C@@H]2Cn3cc(C(=O)NCc4c(F)cncc4F)c(=O)c(O)c3C(=O)N12. The number of halogens is 2. The molecular weight excluding hydrogens is 390 g/mol. The Bertz CT molecular complexity index is 1070. The van der Waals surface area contributed by atoms with Gasteiger partial charge in [-0.2, -0.15) is 0 Å². The average molecular weight is 406 g/mol. The van der Waals surface area contributed by atoms with E-state index in [0.29, 0.717) is 6.61 Å². The van der Waals surface area contributed by atoms with E-state index in [9.17, 15) is 28.3 Å². The number of aromatic hydroxyl groups is 1. The molecule has 0 radical (unpaired) electrons. The van der Waals surface area contributed by atoms with Crippen molar-refractivity contribution in [1.82, 2.24) is 19.8 Å². The highest BCUT2D eigenvalue weighted by Gasteiger charge is 2.42. The van der Waals surface area contributed by atoms with Gasteiger partial charge < -0.3 is 24.6 Å². The molecule has 2 aromatic rings. The number of pyridine rings is 2. The van der Waals surface area contributed by atoms with Crippen molar-refractivity contribution in [2.75, 3.05) is 6.61 Å². The summed E-state index contributed by atoms with van der Waals surface area (Å²) in [6.45, 7) is 1.68. The Hall–Kier alpha value is -3.34. The maximum Gasteiger partial charge on any atom is 0.276 e. The van der Waals surface area contributed by atoms with Crippen LogP contribution in [0.2, 0.25) is 0 Å². The normalized spacial score (nSPS) is 20.4. The fourth-order valence-corrected chi connectivity index (χ4v) is 3.51. The molecule has 4 heterocycles. The largest absolute Gasteiger partial charge is 0.503 e. The molecule has 11 heteroatoms. The lowest BCUT2D eigenvalue weighted by molar-refractivity contribution is 0.00624. The molecule has 0 unspecified atom stereocenters. The van der Waals surface area contributed by atoms with Crippen LogP contribution in [0.5, 0.6) is 5.75 Å². The molecule has 2 aromatic heterocycles. The van der Waals surface area contributed by atoms with Crippen molar-refractivity contribution in [3.05, 3.63) is 57.3 Å². The summed E-state index contributed by atoms with van der Waals surface area (Å²) in [7, 11) is 0. The van der Waals surface area contributed by atoms with Crippen molar-refractivity contribution in [1.29, 1.82) is 0 Å². The van der Waals surface area contributed by atoms with Gasteiger partial charge in [-0.25, -0.2) is 8.78 Å². The van der Waals surface area contributed by atoms with E-state index in [1.54, 1.807) is 6.92 Å². The Morgan fingerprint density at radius 1 is 1.34 bits per heavy atom. The first-order chi connectivity index (χ1) is 13.8. The molecule has 4 rings (SSSR count). The first-order valence-corrected chi connectivity index (χ1v) is 8.76. The van der Waals surface area contributed by atoms with Crippen molar-refractivity contribution in [3.8, 4) is 5.75 Å². The van der Waals surface area contributed by atoms with Gasteiger partial charge in [0.15, 0.2) is 17.7 Å². The lowest BCUT2D eigenvalue weighted by Crippen LogP contribution is -2.49. The van der Waals surface area contributed by atoms with E-state index in [1.165, 1.54) is 9.47 Å². The molecule has 2 amide bonds. The number of amides is 2. The van der Waals surface area contributed by atoms with Gasteiger partial charge in [-0.05, 0) is 6.92 Å². The number of fused-ring (bicyclic) bond motifs is 2. The molecule has 2 aliphatic heterocycles. The summed E-state index contributed by atoms with van der Waals surface area (Å²) in [5.74, 6) is -4.29. The first-order valence-electron chi connectivity index (χ1n) is 8.76. The third-order valence-electron chi connectivity index (χ3n) is 4.98. The Morgan fingerprint density at radius 2 is 2.03 bits per heavy atom. The molecule has 1 saturated heterocycles. The second kappa shape index (κ2) is 6.92. The van der Waals surface area contributed by atoms with Gasteiger partial charge in [-0.3, -0.25) is 19.4 Å². The number of ether oxygens (including phenoxy) is 1. The van der Waals surface area contributed by atoms with Gasteiger partial charge in [0.05, 0.1) is 31.6 Å². The number of hydrogen-bond donors (Lipinski definition) is 2. The van der Waals surface area contributed by atoms with Crippen LogP contribution in [-0.2, 0) is 17.8 Å². The quantitative estimate of drug-likeness (QED) is 0.761. The molecule has 2 aliphatic rings. The second-order valence-electron chi connectivity index (χ2n) is 6.84. The highest BCUT2D eigenvalue weighted by atomic mass is 19.1. The molecule has 29 heavy (non-hydrogen) atoms. The van der Waals surface area contributed by atoms with Crippen molar-refractivity contribution >= 4 is 11.8 Å². The summed E-state index contributed by atoms with van der Waals surface area (Å²) in [6.07, 6.45) is 2.14. The van der Waals surface area contributed by atoms with Crippen LogP contribution in [0.15, 0.2) is 23.4 Å². The fraction of sp³-hybridized carbons (Fsp3) is 0.333. The summed E-state index contributed by atoms with van der Waals surface area (Å²) < 4.78 is 34.1. The molecule has 0 bridgehead atoms. The molecule has 0 aliphatic carbocycles. The van der Waals surface area contributed by atoms with Crippen molar-refractivity contribution in [2.24, 2.45) is 0 Å². The lowest BCUT2D eigenvalue weighted by Gasteiger charge is -2.33. The molecule has 9 nitrogen and oxygen atoms in total. The van der Waals surface area contributed by atoms with Gasteiger partial charge in [-0.1, -0.05) is 0 Å². The molecule has 2 atom stereocenters. The van der Waals surface area contributed by atoms with E-state index in [4.69, 9.17) is 4.74 Å². The van der Waals surface area contributed by atoms with E-state index in [0.717, 1.165) is 18.6 Å². The number of nitrogens with zero attached hydrogens (tertiary/aromatic N) is 3. The van der Waals surface area contributed by atoms with Crippen LogP contribution in [0.25, 0.3) is 0 Å². The molecule has 0 saturated carbocycles. The van der Waals surface area contributed by atoms with Gasteiger partial charge in [0.25, 0.3) is 11.8 Å².